The molecule has 0 spiro atoms. The zero-order valence-corrected chi connectivity index (χ0v) is 2.97. The summed E-state index contributed by atoms with van der Waals surface area (Å²) in [5, 5.41) is 22.8. The fourth-order valence-electron chi connectivity index (χ4n) is 0. The van der Waals surface area contributed by atoms with Gasteiger partial charge in [0.2, 0.25) is 0 Å². The van der Waals surface area contributed by atoms with Gasteiger partial charge in [-0.15, -0.1) is 0 Å². The molecule has 0 heterocycles. The van der Waals surface area contributed by atoms with Crippen LogP contribution in [0.4, 0.5) is 0 Å². The summed E-state index contributed by atoms with van der Waals surface area (Å²) in [5.74, 6) is 0. The smallest absolute Gasteiger partial charge is 1.00 e. The molecule has 0 atom stereocenters. The summed E-state index contributed by atoms with van der Waals surface area (Å²) in [6, 6.07) is 0. The van der Waals surface area contributed by atoms with Crippen LogP contribution >= 0.6 is 0 Å². The van der Waals surface area contributed by atoms with E-state index >= 15 is 0 Å². The van der Waals surface area contributed by atoms with Gasteiger partial charge in [0.05, 0.1) is 0 Å². The summed E-state index contributed by atoms with van der Waals surface area (Å²) < 4.78 is 0. The third-order valence-corrected chi connectivity index (χ3v) is 0. The molecule has 0 aliphatic heterocycles. The molecular weight excluding hydrogens is 86.8 g/mol. The standard InChI is InChI=1S/BH2O3.Be.FH/c2-1(3)4;;/h2-3H;;1H/q-1;+2;/p-1. The molecule has 0 aromatic heterocycles. The third-order valence-electron chi connectivity index (χ3n) is 0. The van der Waals surface area contributed by atoms with Gasteiger partial charge in [-0.05, 0) is 0 Å². The maximum Gasteiger partial charge on any atom is 2.00 e. The predicted molar refractivity (Wildman–Crippen MR) is 15.9 cm³/mol. The maximum atomic E-state index is 8.64. The van der Waals surface area contributed by atoms with E-state index in [-0.39, 0.29) is 14.8 Å². The molecule has 0 aromatic rings. The summed E-state index contributed by atoms with van der Waals surface area (Å²) in [7, 11) is -2.42. The van der Waals surface area contributed by atoms with Crippen LogP contribution in [0.5, 0.6) is 0 Å². The summed E-state index contributed by atoms with van der Waals surface area (Å²) >= 11 is 0. The average Bonchev–Trinajstić information content (AvgIpc) is 0.811. The van der Waals surface area contributed by atoms with Crippen molar-refractivity contribution in [2.24, 2.45) is 0 Å². The number of halogens is 1. The van der Waals surface area contributed by atoms with E-state index in [2.05, 4.69) is 0 Å². The van der Waals surface area contributed by atoms with E-state index < -0.39 is 7.32 Å². The minimum absolute atomic E-state index is 0. The summed E-state index contributed by atoms with van der Waals surface area (Å²) in [6.45, 7) is 0. The Kier molecular flexibility index (Phi) is 24.6. The first-order valence-corrected chi connectivity index (χ1v) is 0.752. The van der Waals surface area contributed by atoms with E-state index in [9.17, 15) is 0 Å². The Morgan fingerprint density at radius 3 is 1.33 bits per heavy atom. The first-order valence-electron chi connectivity index (χ1n) is 0.752. The van der Waals surface area contributed by atoms with Gasteiger partial charge in [-0.3, -0.25) is 0 Å². The van der Waals surface area contributed by atoms with Crippen LogP contribution in [-0.2, 0) is 0 Å². The molecule has 0 fully saturated rings. The largest absolute Gasteiger partial charge is 2.00 e. The minimum Gasteiger partial charge on any atom is -1.00 e. The van der Waals surface area contributed by atoms with Gasteiger partial charge in [0, 0.05) is 0 Å². The van der Waals surface area contributed by atoms with Crippen LogP contribution in [0.1, 0.15) is 0 Å². The van der Waals surface area contributed by atoms with Gasteiger partial charge in [-0.1, -0.05) is 0 Å². The Hall–Kier alpha value is 0.0438. The van der Waals surface area contributed by atoms with Crippen LogP contribution in [0, 0.1) is 0 Å². The molecule has 6 heavy (non-hydrogen) atoms. The molecule has 0 saturated carbocycles. The summed E-state index contributed by atoms with van der Waals surface area (Å²) in [4.78, 5) is 0. The molecule has 0 amide bonds. The van der Waals surface area contributed by atoms with Gasteiger partial charge in [-0.25, -0.2) is 0 Å². The summed E-state index contributed by atoms with van der Waals surface area (Å²) in [6.07, 6.45) is 0. The Balaban J connectivity index is -0.0000000450. The maximum absolute atomic E-state index is 8.64. The van der Waals surface area contributed by atoms with E-state index in [0.717, 1.165) is 0 Å². The molecule has 0 aromatic carbocycles. The normalized spacial score (nSPS) is 4.50. The van der Waals surface area contributed by atoms with Crippen molar-refractivity contribution in [1.82, 2.24) is 0 Å². The van der Waals surface area contributed by atoms with E-state index in [0.29, 0.717) is 0 Å². The van der Waals surface area contributed by atoms with Crippen molar-refractivity contribution in [3.05, 3.63) is 0 Å². The SMILES string of the molecule is [Be+2].[F-].[O-]B(O)O. The van der Waals surface area contributed by atoms with Gasteiger partial charge < -0.3 is 19.8 Å². The third kappa shape index (κ3) is 19600. The first-order chi connectivity index (χ1) is 1.73. The monoisotopic (exact) mass is 89.0 g/mol. The second-order valence-corrected chi connectivity index (χ2v) is 0.326. The average molecular weight is 88.8 g/mol. The van der Waals surface area contributed by atoms with Crippen molar-refractivity contribution >= 4 is 17.4 Å². The molecule has 0 aliphatic rings. The molecule has 6 heteroatoms. The van der Waals surface area contributed by atoms with Crippen molar-refractivity contribution < 1.29 is 19.8 Å². The van der Waals surface area contributed by atoms with E-state index in [1.807, 2.05) is 0 Å². The predicted octanol–water partition coefficient (Wildman–Crippen LogP) is -6.06. The molecule has 32 valence electrons. The van der Waals surface area contributed by atoms with Crippen LogP contribution in [0.15, 0.2) is 0 Å². The topological polar surface area (TPSA) is 63.5 Å². The van der Waals surface area contributed by atoms with Crippen LogP contribution < -0.4 is 9.73 Å². The van der Waals surface area contributed by atoms with Crippen LogP contribution in [-0.4, -0.2) is 27.5 Å². The molecule has 0 unspecified atom stereocenters. The van der Waals surface area contributed by atoms with Gasteiger partial charge in [-0.2, -0.15) is 0 Å². The van der Waals surface area contributed by atoms with Crippen LogP contribution in [0.25, 0.3) is 0 Å². The van der Waals surface area contributed by atoms with Gasteiger partial charge >= 0.3 is 17.4 Å². The Morgan fingerprint density at radius 1 is 1.33 bits per heavy atom. The van der Waals surface area contributed by atoms with Crippen LogP contribution in [0.2, 0.25) is 0 Å². The molecule has 0 saturated heterocycles. The quantitative estimate of drug-likeness (QED) is 0.290. The Labute approximate surface area is 38.4 Å². The van der Waals surface area contributed by atoms with E-state index in [1.54, 1.807) is 0 Å². The number of rotatable bonds is 0. The van der Waals surface area contributed by atoms with Crippen LogP contribution in [0.3, 0.4) is 0 Å². The van der Waals surface area contributed by atoms with E-state index in [4.69, 9.17) is 15.1 Å². The molecule has 0 bridgehead atoms. The zero-order chi connectivity index (χ0) is 3.58. The van der Waals surface area contributed by atoms with Gasteiger partial charge in [0.25, 0.3) is 0 Å². The molecule has 0 aliphatic carbocycles. The Morgan fingerprint density at radius 2 is 1.33 bits per heavy atom. The number of hydrogen-bond donors (Lipinski definition) is 2. The molecule has 3 nitrogen and oxygen atoms in total. The fourth-order valence-corrected chi connectivity index (χ4v) is 0. The van der Waals surface area contributed by atoms with Gasteiger partial charge in [0.15, 0.2) is 0 Å². The van der Waals surface area contributed by atoms with E-state index in [1.165, 1.54) is 0 Å². The second kappa shape index (κ2) is 8.90. The van der Waals surface area contributed by atoms with Crippen molar-refractivity contribution in [3.8, 4) is 0 Å². The Bertz CT molecular complexity index is 15.5. The van der Waals surface area contributed by atoms with Crippen molar-refractivity contribution in [1.29, 1.82) is 0 Å². The van der Waals surface area contributed by atoms with Crippen molar-refractivity contribution in [2.75, 3.05) is 0 Å². The van der Waals surface area contributed by atoms with Crippen molar-refractivity contribution in [2.45, 2.75) is 0 Å². The second-order valence-electron chi connectivity index (χ2n) is 0.326. The van der Waals surface area contributed by atoms with Gasteiger partial charge in [0.1, 0.15) is 0 Å². The van der Waals surface area contributed by atoms with Crippen molar-refractivity contribution in [3.63, 3.8) is 0 Å². The first kappa shape index (κ1) is 16.6. The minimum atomic E-state index is -2.42. The fraction of sp³-hybridized carbons (Fsp3) is 0. The zero-order valence-electron chi connectivity index (χ0n) is 2.97. The molecule has 0 radical (unpaired) electrons. The summed E-state index contributed by atoms with van der Waals surface area (Å²) in [5.41, 5.74) is 0. The molecular formula is H2BBeFO3. The molecule has 0 rings (SSSR count). The molecule has 2 N–H and O–H groups in total. The number of hydrogen-bond acceptors (Lipinski definition) is 3.